The van der Waals surface area contributed by atoms with Gasteiger partial charge in [0.2, 0.25) is 0 Å². The van der Waals surface area contributed by atoms with Crippen LogP contribution in [0.4, 0.5) is 0 Å². The smallest absolute Gasteiger partial charge is 0.348 e. The average molecular weight is 513 g/mol. The molecule has 0 atom stereocenters. The van der Waals surface area contributed by atoms with E-state index in [1.165, 1.54) is 6.08 Å². The summed E-state index contributed by atoms with van der Waals surface area (Å²) in [5.74, 6) is 0.484. The first kappa shape index (κ1) is 21.7. The normalized spacial score (nSPS) is 11.1. The van der Waals surface area contributed by atoms with E-state index in [0.29, 0.717) is 23.7 Å². The van der Waals surface area contributed by atoms with E-state index in [4.69, 9.17) is 14.2 Å². The molecule has 152 valence electrons. The number of carbonyl (C=O) groups is 1. The topological polar surface area (TPSA) is 68.6 Å². The van der Waals surface area contributed by atoms with Crippen LogP contribution < -0.4 is 9.47 Å². The molecule has 0 aromatic heterocycles. The van der Waals surface area contributed by atoms with Crippen molar-refractivity contribution < 1.29 is 19.0 Å². The summed E-state index contributed by atoms with van der Waals surface area (Å²) >= 11 is 2.16. The summed E-state index contributed by atoms with van der Waals surface area (Å²) in [6.07, 6.45) is 1.48. The van der Waals surface area contributed by atoms with Crippen LogP contribution in [-0.4, -0.2) is 19.7 Å². The summed E-state index contributed by atoms with van der Waals surface area (Å²) in [7, 11) is 1.56. The molecule has 0 amide bonds. The molecule has 30 heavy (non-hydrogen) atoms. The van der Waals surface area contributed by atoms with Gasteiger partial charge in [0.15, 0.2) is 11.5 Å². The molecule has 0 radical (unpaired) electrons. The van der Waals surface area contributed by atoms with Gasteiger partial charge in [-0.3, -0.25) is 0 Å². The molecule has 0 bridgehead atoms. The van der Waals surface area contributed by atoms with Crippen molar-refractivity contribution in [2.45, 2.75) is 13.5 Å². The Labute approximate surface area is 189 Å². The molecule has 0 N–H and O–H groups in total. The number of benzene rings is 3. The summed E-state index contributed by atoms with van der Waals surface area (Å²) in [5.41, 5.74) is 1.65. The molecule has 0 aliphatic heterocycles. The summed E-state index contributed by atoms with van der Waals surface area (Å²) < 4.78 is 17.3. The number of nitriles is 1. The molecule has 0 saturated carbocycles. The van der Waals surface area contributed by atoms with Crippen molar-refractivity contribution in [3.05, 3.63) is 74.9 Å². The van der Waals surface area contributed by atoms with Gasteiger partial charge in [-0.15, -0.1) is 0 Å². The largest absolute Gasteiger partial charge is 0.493 e. The number of hydrogen-bond donors (Lipinski definition) is 0. The van der Waals surface area contributed by atoms with Crippen molar-refractivity contribution in [3.63, 3.8) is 0 Å². The number of hydrogen-bond acceptors (Lipinski definition) is 5. The van der Waals surface area contributed by atoms with Crippen LogP contribution in [0.1, 0.15) is 18.1 Å². The first-order valence-corrected chi connectivity index (χ1v) is 10.4. The minimum atomic E-state index is -0.648. The molecule has 6 heteroatoms. The average Bonchev–Trinajstić information content (AvgIpc) is 2.76. The molecular formula is C24H20INO4. The Morgan fingerprint density at radius 1 is 1.17 bits per heavy atom. The lowest BCUT2D eigenvalue weighted by Gasteiger charge is -2.15. The predicted octanol–water partition coefficient (Wildman–Crippen LogP) is 5.50. The van der Waals surface area contributed by atoms with E-state index in [9.17, 15) is 10.1 Å². The third-order valence-corrected chi connectivity index (χ3v) is 5.23. The van der Waals surface area contributed by atoms with Crippen LogP contribution in [0.2, 0.25) is 0 Å². The van der Waals surface area contributed by atoms with Gasteiger partial charge in [-0.2, -0.15) is 5.26 Å². The Kier molecular flexibility index (Phi) is 7.31. The third kappa shape index (κ3) is 4.92. The Morgan fingerprint density at radius 3 is 2.67 bits per heavy atom. The van der Waals surface area contributed by atoms with Crippen LogP contribution in [0.3, 0.4) is 0 Å². The number of fused-ring (bicyclic) bond motifs is 1. The molecule has 3 rings (SSSR count). The number of rotatable bonds is 7. The van der Waals surface area contributed by atoms with Crippen LogP contribution in [0.15, 0.2) is 60.2 Å². The predicted molar refractivity (Wildman–Crippen MR) is 124 cm³/mol. The van der Waals surface area contributed by atoms with Gasteiger partial charge in [-0.1, -0.05) is 42.5 Å². The van der Waals surface area contributed by atoms with Crippen molar-refractivity contribution in [1.29, 1.82) is 5.26 Å². The molecule has 0 unspecified atom stereocenters. The fraction of sp³-hybridized carbons (Fsp3) is 0.167. The molecule has 0 aliphatic rings. The Bertz CT molecular complexity index is 1140. The van der Waals surface area contributed by atoms with Crippen LogP contribution in [0.5, 0.6) is 11.5 Å². The highest BCUT2D eigenvalue weighted by atomic mass is 127. The van der Waals surface area contributed by atoms with Gasteiger partial charge in [-0.05, 0) is 69.6 Å². The SMILES string of the molecule is CCOC(=O)/C(C#N)=C/c1cc(I)c(OCc2cccc3ccccc23)c(OC)c1. The number of ether oxygens (including phenoxy) is 3. The molecule has 0 aliphatic carbocycles. The lowest BCUT2D eigenvalue weighted by Crippen LogP contribution is -2.06. The maximum absolute atomic E-state index is 11.9. The number of methoxy groups -OCH3 is 1. The van der Waals surface area contributed by atoms with Gasteiger partial charge in [0.1, 0.15) is 18.2 Å². The van der Waals surface area contributed by atoms with Crippen molar-refractivity contribution in [3.8, 4) is 17.6 Å². The molecule has 0 fully saturated rings. The van der Waals surface area contributed by atoms with E-state index in [0.717, 1.165) is 19.9 Å². The molecule has 3 aromatic rings. The second kappa shape index (κ2) is 10.1. The van der Waals surface area contributed by atoms with Crippen LogP contribution in [0, 0.1) is 14.9 Å². The lowest BCUT2D eigenvalue weighted by atomic mass is 10.1. The second-order valence-corrected chi connectivity index (χ2v) is 7.51. The monoisotopic (exact) mass is 513 g/mol. The fourth-order valence-electron chi connectivity index (χ4n) is 3.04. The summed E-state index contributed by atoms with van der Waals surface area (Å²) in [5, 5.41) is 11.6. The quantitative estimate of drug-likeness (QED) is 0.181. The zero-order valence-electron chi connectivity index (χ0n) is 16.6. The molecule has 5 nitrogen and oxygen atoms in total. The summed E-state index contributed by atoms with van der Waals surface area (Å²) in [6.45, 7) is 2.29. The van der Waals surface area contributed by atoms with Gasteiger partial charge in [0.05, 0.1) is 17.3 Å². The molecule has 0 heterocycles. The Morgan fingerprint density at radius 2 is 1.93 bits per heavy atom. The highest BCUT2D eigenvalue weighted by molar-refractivity contribution is 14.1. The van der Waals surface area contributed by atoms with Crippen molar-refractivity contribution in [1.82, 2.24) is 0 Å². The van der Waals surface area contributed by atoms with E-state index in [-0.39, 0.29) is 12.2 Å². The zero-order valence-corrected chi connectivity index (χ0v) is 18.8. The minimum absolute atomic E-state index is 0.0703. The van der Waals surface area contributed by atoms with Crippen molar-refractivity contribution in [2.75, 3.05) is 13.7 Å². The molecule has 0 saturated heterocycles. The number of halogens is 1. The number of esters is 1. The zero-order chi connectivity index (χ0) is 21.5. The van der Waals surface area contributed by atoms with Gasteiger partial charge in [-0.25, -0.2) is 4.79 Å². The Hall–Kier alpha value is -3.05. The van der Waals surface area contributed by atoms with E-state index in [1.54, 1.807) is 20.1 Å². The van der Waals surface area contributed by atoms with Crippen LogP contribution in [0.25, 0.3) is 16.8 Å². The van der Waals surface area contributed by atoms with E-state index < -0.39 is 5.97 Å². The molecular weight excluding hydrogens is 493 g/mol. The molecule has 3 aromatic carbocycles. The standard InChI is InChI=1S/C24H20INO4/c1-3-29-24(27)19(14-26)11-16-12-21(25)23(22(13-16)28-2)30-15-18-9-6-8-17-7-4-5-10-20(17)18/h4-13H,3,15H2,1-2H3/b19-11+. The van der Waals surface area contributed by atoms with Gasteiger partial charge >= 0.3 is 5.97 Å². The second-order valence-electron chi connectivity index (χ2n) is 6.35. The Balaban J connectivity index is 1.89. The van der Waals surface area contributed by atoms with E-state index in [1.807, 2.05) is 36.4 Å². The van der Waals surface area contributed by atoms with Crippen molar-refractivity contribution >= 4 is 45.4 Å². The number of carbonyl (C=O) groups excluding carboxylic acids is 1. The summed E-state index contributed by atoms with van der Waals surface area (Å²) in [6, 6.07) is 19.7. The summed E-state index contributed by atoms with van der Waals surface area (Å²) in [4.78, 5) is 11.9. The maximum Gasteiger partial charge on any atom is 0.348 e. The minimum Gasteiger partial charge on any atom is -0.493 e. The van der Waals surface area contributed by atoms with Gasteiger partial charge < -0.3 is 14.2 Å². The lowest BCUT2D eigenvalue weighted by molar-refractivity contribution is -0.137. The highest BCUT2D eigenvalue weighted by Crippen LogP contribution is 2.35. The van der Waals surface area contributed by atoms with E-state index in [2.05, 4.69) is 40.8 Å². The first-order valence-electron chi connectivity index (χ1n) is 9.33. The number of nitrogens with zero attached hydrogens (tertiary/aromatic N) is 1. The highest BCUT2D eigenvalue weighted by Gasteiger charge is 2.15. The maximum atomic E-state index is 11.9. The van der Waals surface area contributed by atoms with Crippen LogP contribution in [-0.2, 0) is 16.1 Å². The third-order valence-electron chi connectivity index (χ3n) is 4.43. The molecule has 0 spiro atoms. The fourth-order valence-corrected chi connectivity index (χ4v) is 3.82. The van der Waals surface area contributed by atoms with E-state index >= 15 is 0 Å². The van der Waals surface area contributed by atoms with Gasteiger partial charge in [0, 0.05) is 0 Å². The first-order chi connectivity index (χ1) is 14.6. The van der Waals surface area contributed by atoms with Crippen molar-refractivity contribution in [2.24, 2.45) is 0 Å². The van der Waals surface area contributed by atoms with Gasteiger partial charge in [0.25, 0.3) is 0 Å². The van der Waals surface area contributed by atoms with Crippen LogP contribution >= 0.6 is 22.6 Å².